The van der Waals surface area contributed by atoms with E-state index in [0.29, 0.717) is 23.1 Å². The molecule has 3 heterocycles. The van der Waals surface area contributed by atoms with Crippen LogP contribution in [0.15, 0.2) is 41.1 Å². The van der Waals surface area contributed by atoms with Gasteiger partial charge in [-0.2, -0.15) is 10.1 Å². The Balaban J connectivity index is 0.00000182. The summed E-state index contributed by atoms with van der Waals surface area (Å²) in [4.78, 5) is 6.64. The smallest absolute Gasteiger partial charge is 0.278 e. The fraction of sp³-hybridized carbons (Fsp3) is 0.312. The molecule has 1 aliphatic rings. The molecule has 1 N–H and O–H groups in total. The number of para-hydroxylation sites is 1. The Morgan fingerprint density at radius 3 is 2.92 bits per heavy atom. The van der Waals surface area contributed by atoms with E-state index in [2.05, 4.69) is 25.5 Å². The maximum Gasteiger partial charge on any atom is 0.278 e. The van der Waals surface area contributed by atoms with Gasteiger partial charge in [0, 0.05) is 25.8 Å². The third kappa shape index (κ3) is 3.41. The van der Waals surface area contributed by atoms with Crippen LogP contribution in [0, 0.1) is 5.82 Å². The first kappa shape index (κ1) is 17.5. The third-order valence-corrected chi connectivity index (χ3v) is 4.16. The number of halogens is 2. The Morgan fingerprint density at radius 1 is 1.28 bits per heavy atom. The van der Waals surface area contributed by atoms with Crippen LogP contribution in [-0.4, -0.2) is 51.5 Å². The van der Waals surface area contributed by atoms with E-state index < -0.39 is 0 Å². The van der Waals surface area contributed by atoms with E-state index in [0.717, 1.165) is 19.6 Å². The number of hydrogen-bond acceptors (Lipinski definition) is 6. The number of benzene rings is 1. The minimum absolute atomic E-state index is 0. The number of aromatic nitrogens is 4. The molecule has 1 saturated heterocycles. The molecular weight excluding hydrogens is 347 g/mol. The molecule has 1 unspecified atom stereocenters. The van der Waals surface area contributed by atoms with Crippen molar-refractivity contribution in [3.63, 3.8) is 0 Å². The predicted molar refractivity (Wildman–Crippen MR) is 92.3 cm³/mol. The zero-order valence-corrected chi connectivity index (χ0v) is 14.4. The minimum atomic E-state index is -0.340. The predicted octanol–water partition coefficient (Wildman–Crippen LogP) is 2.06. The lowest BCUT2D eigenvalue weighted by atomic mass is 10.2. The van der Waals surface area contributed by atoms with Gasteiger partial charge in [0.25, 0.3) is 5.89 Å². The van der Waals surface area contributed by atoms with Crippen LogP contribution in [0.3, 0.4) is 0 Å². The molecule has 1 aromatic carbocycles. The van der Waals surface area contributed by atoms with Crippen LogP contribution in [0.4, 0.5) is 4.39 Å². The number of rotatable bonds is 3. The van der Waals surface area contributed by atoms with Gasteiger partial charge in [0.15, 0.2) is 11.5 Å². The van der Waals surface area contributed by atoms with E-state index in [4.69, 9.17) is 4.52 Å². The Bertz CT molecular complexity index is 851. The molecule has 1 atom stereocenters. The molecule has 132 valence electrons. The van der Waals surface area contributed by atoms with E-state index in [1.807, 2.05) is 7.05 Å². The minimum Gasteiger partial charge on any atom is -0.332 e. The van der Waals surface area contributed by atoms with Gasteiger partial charge in [0.1, 0.15) is 11.5 Å². The molecule has 3 aromatic rings. The summed E-state index contributed by atoms with van der Waals surface area (Å²) in [6, 6.07) is 8.26. The average Bonchev–Trinajstić information content (AvgIpc) is 3.25. The van der Waals surface area contributed by atoms with Crippen molar-refractivity contribution in [2.24, 2.45) is 0 Å². The highest BCUT2D eigenvalue weighted by Crippen LogP contribution is 2.22. The molecule has 0 bridgehead atoms. The molecule has 25 heavy (non-hydrogen) atoms. The van der Waals surface area contributed by atoms with Crippen molar-refractivity contribution in [3.05, 3.63) is 48.2 Å². The van der Waals surface area contributed by atoms with Crippen molar-refractivity contribution >= 4 is 12.4 Å². The number of piperazine rings is 1. The van der Waals surface area contributed by atoms with Crippen LogP contribution in [0.1, 0.15) is 11.9 Å². The maximum absolute atomic E-state index is 13.9. The summed E-state index contributed by atoms with van der Waals surface area (Å²) in [7, 11) is 2.04. The maximum atomic E-state index is 13.9. The number of nitrogens with one attached hydrogen (secondary N) is 1. The van der Waals surface area contributed by atoms with Crippen LogP contribution in [0.2, 0.25) is 0 Å². The second kappa shape index (κ2) is 7.30. The summed E-state index contributed by atoms with van der Waals surface area (Å²) in [5, 5.41) is 11.7. The Labute approximate surface area is 150 Å². The largest absolute Gasteiger partial charge is 0.332 e. The zero-order chi connectivity index (χ0) is 16.5. The lowest BCUT2D eigenvalue weighted by Crippen LogP contribution is -2.44. The first-order valence-corrected chi connectivity index (χ1v) is 7.78. The van der Waals surface area contributed by atoms with Gasteiger partial charge in [0.05, 0.1) is 6.04 Å². The van der Waals surface area contributed by atoms with E-state index in [-0.39, 0.29) is 24.3 Å². The zero-order valence-electron chi connectivity index (χ0n) is 13.6. The van der Waals surface area contributed by atoms with Gasteiger partial charge >= 0.3 is 0 Å². The second-order valence-electron chi connectivity index (χ2n) is 5.76. The van der Waals surface area contributed by atoms with Crippen LogP contribution < -0.4 is 5.32 Å². The van der Waals surface area contributed by atoms with Crippen molar-refractivity contribution in [3.8, 4) is 17.3 Å². The Hall–Kier alpha value is -2.29. The Kier molecular flexibility index (Phi) is 5.12. The molecule has 2 aromatic heterocycles. The second-order valence-corrected chi connectivity index (χ2v) is 5.76. The molecular formula is C16H18ClFN6O. The van der Waals surface area contributed by atoms with E-state index >= 15 is 0 Å². The first-order chi connectivity index (χ1) is 11.7. The van der Waals surface area contributed by atoms with Gasteiger partial charge in [-0.15, -0.1) is 12.4 Å². The molecule has 0 radical (unpaired) electrons. The quantitative estimate of drug-likeness (QED) is 0.767. The molecule has 7 nitrogen and oxygen atoms in total. The summed E-state index contributed by atoms with van der Waals surface area (Å²) >= 11 is 0. The molecule has 1 aliphatic heterocycles. The first-order valence-electron chi connectivity index (χ1n) is 7.78. The van der Waals surface area contributed by atoms with E-state index in [9.17, 15) is 4.39 Å². The topological polar surface area (TPSA) is 72.0 Å². The lowest BCUT2D eigenvalue weighted by molar-refractivity contribution is 0.190. The summed E-state index contributed by atoms with van der Waals surface area (Å²) in [6.07, 6.45) is 1.67. The highest BCUT2D eigenvalue weighted by molar-refractivity contribution is 5.85. The standard InChI is InChI=1S/C16H17FN6O.ClH/c1-22-9-7-18-10-14(22)15-19-16(24-21-15)12-6-8-23(20-12)13-5-3-2-4-11(13)17;/h2-6,8,14,18H,7,9-10H2,1H3;1H. The SMILES string of the molecule is CN1CCNCC1c1noc(-c2ccn(-c3ccccc3F)n2)n1.Cl. The Morgan fingerprint density at radius 2 is 2.12 bits per heavy atom. The van der Waals surface area contributed by atoms with Gasteiger partial charge in [-0.25, -0.2) is 9.07 Å². The molecule has 0 amide bonds. The van der Waals surface area contributed by atoms with Gasteiger partial charge in [-0.05, 0) is 25.2 Å². The summed E-state index contributed by atoms with van der Waals surface area (Å²) < 4.78 is 20.7. The van der Waals surface area contributed by atoms with Crippen molar-refractivity contribution in [1.29, 1.82) is 0 Å². The molecule has 1 fully saturated rings. The molecule has 9 heteroatoms. The number of likely N-dealkylation sites (N-methyl/N-ethyl adjacent to an activating group) is 1. The van der Waals surface area contributed by atoms with Crippen molar-refractivity contribution in [2.45, 2.75) is 6.04 Å². The van der Waals surface area contributed by atoms with Gasteiger partial charge in [-0.1, -0.05) is 17.3 Å². The van der Waals surface area contributed by atoms with E-state index in [1.54, 1.807) is 30.5 Å². The van der Waals surface area contributed by atoms with Crippen LogP contribution in [-0.2, 0) is 0 Å². The van der Waals surface area contributed by atoms with Gasteiger partial charge in [-0.3, -0.25) is 4.90 Å². The van der Waals surface area contributed by atoms with Gasteiger partial charge < -0.3 is 9.84 Å². The normalized spacial score (nSPS) is 18.1. The van der Waals surface area contributed by atoms with Crippen LogP contribution in [0.5, 0.6) is 0 Å². The third-order valence-electron chi connectivity index (χ3n) is 4.16. The van der Waals surface area contributed by atoms with Crippen molar-refractivity contribution in [2.75, 3.05) is 26.7 Å². The molecule has 0 saturated carbocycles. The molecule has 0 aliphatic carbocycles. The summed E-state index contributed by atoms with van der Waals surface area (Å²) in [5.41, 5.74) is 0.892. The van der Waals surface area contributed by atoms with Crippen molar-refractivity contribution in [1.82, 2.24) is 30.1 Å². The fourth-order valence-corrected chi connectivity index (χ4v) is 2.78. The highest BCUT2D eigenvalue weighted by Gasteiger charge is 2.26. The average molecular weight is 365 g/mol. The monoisotopic (exact) mass is 364 g/mol. The van der Waals surface area contributed by atoms with Crippen molar-refractivity contribution < 1.29 is 8.91 Å². The number of nitrogens with zero attached hydrogens (tertiary/aromatic N) is 5. The number of hydrogen-bond donors (Lipinski definition) is 1. The fourth-order valence-electron chi connectivity index (χ4n) is 2.78. The summed E-state index contributed by atoms with van der Waals surface area (Å²) in [5.74, 6) is 0.618. The van der Waals surface area contributed by atoms with Crippen LogP contribution >= 0.6 is 12.4 Å². The summed E-state index contributed by atoms with van der Waals surface area (Å²) in [6.45, 7) is 2.65. The molecule has 4 rings (SSSR count). The highest BCUT2D eigenvalue weighted by atomic mass is 35.5. The van der Waals surface area contributed by atoms with E-state index in [1.165, 1.54) is 10.7 Å². The van der Waals surface area contributed by atoms with Crippen LogP contribution in [0.25, 0.3) is 17.3 Å². The molecule has 0 spiro atoms. The van der Waals surface area contributed by atoms with Gasteiger partial charge in [0.2, 0.25) is 0 Å². The lowest BCUT2D eigenvalue weighted by Gasteiger charge is -2.30.